The Morgan fingerprint density at radius 1 is 0.312 bits per heavy atom. The lowest BCUT2D eigenvalue weighted by Crippen LogP contribution is -1.96. The monoisotopic (exact) mass is 608 g/mol. The van der Waals surface area contributed by atoms with Gasteiger partial charge in [-0.3, -0.25) is 0 Å². The van der Waals surface area contributed by atoms with Crippen LogP contribution in [-0.2, 0) is 0 Å². The lowest BCUT2D eigenvalue weighted by Gasteiger charge is -2.15. The van der Waals surface area contributed by atoms with Crippen molar-refractivity contribution in [2.45, 2.75) is 0 Å². The second-order valence-electron chi connectivity index (χ2n) is 12.9. The molecule has 0 radical (unpaired) electrons. The van der Waals surface area contributed by atoms with Crippen LogP contribution >= 0.6 is 0 Å². The van der Waals surface area contributed by atoms with Crippen molar-refractivity contribution in [2.24, 2.45) is 0 Å². The van der Waals surface area contributed by atoms with Crippen LogP contribution in [0.5, 0.6) is 0 Å². The first kappa shape index (κ1) is 25.8. The van der Waals surface area contributed by atoms with Gasteiger partial charge in [-0.2, -0.15) is 0 Å². The molecule has 0 aliphatic rings. The highest BCUT2D eigenvalue weighted by Gasteiger charge is 2.26. The minimum Gasteiger partial charge on any atom is -0.308 e. The van der Waals surface area contributed by atoms with Gasteiger partial charge in [0.05, 0.1) is 27.6 Å². The van der Waals surface area contributed by atoms with Gasteiger partial charge >= 0.3 is 0 Å². The van der Waals surface area contributed by atoms with Crippen molar-refractivity contribution in [3.05, 3.63) is 170 Å². The predicted molar refractivity (Wildman–Crippen MR) is 204 cm³/mol. The van der Waals surface area contributed by atoms with E-state index in [-0.39, 0.29) is 0 Å². The number of benzene rings is 8. The Kier molecular flexibility index (Phi) is 5.14. The van der Waals surface area contributed by atoms with Crippen molar-refractivity contribution in [2.75, 3.05) is 0 Å². The van der Waals surface area contributed by atoms with E-state index in [1.165, 1.54) is 92.9 Å². The molecule has 0 aliphatic heterocycles. The maximum atomic E-state index is 2.53. The Morgan fingerprint density at radius 2 is 0.854 bits per heavy atom. The van der Waals surface area contributed by atoms with Gasteiger partial charge in [-0.1, -0.05) is 140 Å². The average Bonchev–Trinajstić information content (AvgIpc) is 3.65. The van der Waals surface area contributed by atoms with Gasteiger partial charge in [-0.05, 0) is 63.4 Å². The highest BCUT2D eigenvalue weighted by atomic mass is 15.0. The molecule has 0 spiro atoms. The highest BCUT2D eigenvalue weighted by molar-refractivity contribution is 6.40. The Hall–Kier alpha value is -6.38. The molecule has 0 bridgehead atoms. The number of rotatable bonds is 3. The number of hydrogen-bond acceptors (Lipinski definition) is 0. The number of fused-ring (bicyclic) bond motifs is 9. The SMILES string of the molecule is c1ccc(-c2ccccc2-c2cccc(-n3c4cccc5c6ccccc6n6c7ccccc7c7c8ccccc8c3c(c54)c76)c2)cc1. The van der Waals surface area contributed by atoms with Crippen LogP contribution in [0.1, 0.15) is 0 Å². The molecule has 222 valence electrons. The molecular formula is C46H28N2. The van der Waals surface area contributed by atoms with E-state index in [1.807, 2.05) is 0 Å². The van der Waals surface area contributed by atoms with Gasteiger partial charge < -0.3 is 8.97 Å². The number of para-hydroxylation sites is 2. The summed E-state index contributed by atoms with van der Waals surface area (Å²) in [4.78, 5) is 0. The van der Waals surface area contributed by atoms with Crippen LogP contribution in [0.2, 0.25) is 0 Å². The van der Waals surface area contributed by atoms with Gasteiger partial charge in [0.1, 0.15) is 0 Å². The molecule has 3 heterocycles. The zero-order valence-corrected chi connectivity index (χ0v) is 26.1. The van der Waals surface area contributed by atoms with Gasteiger partial charge in [0.2, 0.25) is 0 Å². The summed E-state index contributed by atoms with van der Waals surface area (Å²) in [6, 6.07) is 62.3. The molecule has 2 heteroatoms. The van der Waals surface area contributed by atoms with E-state index in [1.54, 1.807) is 0 Å². The molecule has 11 rings (SSSR count). The van der Waals surface area contributed by atoms with Gasteiger partial charge in [0.15, 0.2) is 0 Å². The molecule has 48 heavy (non-hydrogen) atoms. The normalized spacial score (nSPS) is 12.2. The fourth-order valence-electron chi connectivity index (χ4n) is 8.54. The highest BCUT2D eigenvalue weighted by Crippen LogP contribution is 2.49. The van der Waals surface area contributed by atoms with Crippen LogP contribution in [0.3, 0.4) is 0 Å². The van der Waals surface area contributed by atoms with E-state index >= 15 is 0 Å². The van der Waals surface area contributed by atoms with Crippen LogP contribution < -0.4 is 0 Å². The molecule has 0 saturated heterocycles. The molecule has 0 aliphatic carbocycles. The molecule has 11 aromatic rings. The molecule has 8 aromatic carbocycles. The van der Waals surface area contributed by atoms with E-state index in [2.05, 4.69) is 179 Å². The van der Waals surface area contributed by atoms with E-state index in [9.17, 15) is 0 Å². The molecule has 3 aromatic heterocycles. The summed E-state index contributed by atoms with van der Waals surface area (Å²) in [5.41, 5.74) is 12.3. The minimum atomic E-state index is 1.16. The molecular weight excluding hydrogens is 581 g/mol. The summed E-state index contributed by atoms with van der Waals surface area (Å²) < 4.78 is 5.06. The first-order valence-electron chi connectivity index (χ1n) is 16.6. The Morgan fingerprint density at radius 3 is 1.67 bits per heavy atom. The Bertz CT molecular complexity index is 3050. The fourth-order valence-corrected chi connectivity index (χ4v) is 8.54. The third kappa shape index (κ3) is 3.31. The molecule has 0 saturated carbocycles. The lowest BCUT2D eigenvalue weighted by atomic mass is 9.94. The molecule has 0 fully saturated rings. The third-order valence-corrected chi connectivity index (χ3v) is 10.4. The molecule has 0 N–H and O–H groups in total. The second kappa shape index (κ2) is 9.57. The second-order valence-corrected chi connectivity index (χ2v) is 12.9. The van der Waals surface area contributed by atoms with Crippen molar-refractivity contribution in [3.8, 4) is 27.9 Å². The standard InChI is InChI=1S/C46H28N2/c1-2-14-29(15-3-1)32-18-4-5-19-33(32)30-16-12-17-31(28-30)47-41-27-13-24-35-34-20-8-10-25-39(34)48-40-26-11-9-23-38(40)42-36-21-6-7-22-37(36)45(47)44(43(35)41)46(42)48/h1-28H. The van der Waals surface area contributed by atoms with Crippen molar-refractivity contribution in [1.29, 1.82) is 0 Å². The van der Waals surface area contributed by atoms with E-state index in [0.717, 1.165) is 5.69 Å². The average molecular weight is 609 g/mol. The molecule has 2 nitrogen and oxygen atoms in total. The third-order valence-electron chi connectivity index (χ3n) is 10.4. The van der Waals surface area contributed by atoms with E-state index in [4.69, 9.17) is 0 Å². The van der Waals surface area contributed by atoms with Crippen LogP contribution in [-0.4, -0.2) is 8.97 Å². The van der Waals surface area contributed by atoms with Gasteiger partial charge in [-0.25, -0.2) is 0 Å². The summed E-state index contributed by atoms with van der Waals surface area (Å²) in [6.07, 6.45) is 0. The fraction of sp³-hybridized carbons (Fsp3) is 0. The summed E-state index contributed by atoms with van der Waals surface area (Å²) in [7, 11) is 0. The van der Waals surface area contributed by atoms with Gasteiger partial charge in [0, 0.05) is 38.0 Å². The zero-order valence-electron chi connectivity index (χ0n) is 26.1. The molecule has 0 atom stereocenters. The van der Waals surface area contributed by atoms with Crippen molar-refractivity contribution in [3.63, 3.8) is 0 Å². The van der Waals surface area contributed by atoms with Crippen LogP contribution in [0.15, 0.2) is 170 Å². The first-order chi connectivity index (χ1) is 23.9. The van der Waals surface area contributed by atoms with Crippen LogP contribution in [0, 0.1) is 0 Å². The quantitative estimate of drug-likeness (QED) is 0.189. The Labute approximate surface area is 276 Å². The zero-order chi connectivity index (χ0) is 31.3. The van der Waals surface area contributed by atoms with E-state index in [0.29, 0.717) is 0 Å². The van der Waals surface area contributed by atoms with Crippen LogP contribution in [0.25, 0.3) is 98.6 Å². The van der Waals surface area contributed by atoms with Crippen molar-refractivity contribution >= 4 is 70.7 Å². The summed E-state index contributed by atoms with van der Waals surface area (Å²) in [6.45, 7) is 0. The topological polar surface area (TPSA) is 9.34 Å². The van der Waals surface area contributed by atoms with Gasteiger partial charge in [0.25, 0.3) is 0 Å². The summed E-state index contributed by atoms with van der Waals surface area (Å²) in [5.74, 6) is 0. The van der Waals surface area contributed by atoms with E-state index < -0.39 is 0 Å². The Balaban J connectivity index is 1.36. The van der Waals surface area contributed by atoms with Crippen molar-refractivity contribution in [1.82, 2.24) is 8.97 Å². The molecule has 0 amide bonds. The predicted octanol–water partition coefficient (Wildman–Crippen LogP) is 12.4. The van der Waals surface area contributed by atoms with Crippen molar-refractivity contribution < 1.29 is 0 Å². The largest absolute Gasteiger partial charge is 0.308 e. The smallest absolute Gasteiger partial charge is 0.0648 e. The minimum absolute atomic E-state index is 1.16. The first-order valence-corrected chi connectivity index (χ1v) is 16.6. The maximum absolute atomic E-state index is 2.53. The lowest BCUT2D eigenvalue weighted by molar-refractivity contribution is 1.19. The maximum Gasteiger partial charge on any atom is 0.0648 e. The molecule has 0 unspecified atom stereocenters. The number of aromatic nitrogens is 2. The number of nitrogens with zero attached hydrogens (tertiary/aromatic N) is 2. The van der Waals surface area contributed by atoms with Gasteiger partial charge in [-0.15, -0.1) is 0 Å². The van der Waals surface area contributed by atoms with Crippen LogP contribution in [0.4, 0.5) is 0 Å². The number of hydrogen-bond donors (Lipinski definition) is 0. The summed E-state index contributed by atoms with van der Waals surface area (Å²) in [5, 5.41) is 10.3. The summed E-state index contributed by atoms with van der Waals surface area (Å²) >= 11 is 0.